The predicted molar refractivity (Wildman–Crippen MR) is 129 cm³/mol. The molecule has 1 aliphatic heterocycles. The molecule has 1 aromatic rings. The normalized spacial score (nSPS) is 20.6. The van der Waals surface area contributed by atoms with E-state index in [1.54, 1.807) is 14.2 Å². The maximum atomic E-state index is 5.85. The molecule has 2 rings (SSSR count). The lowest BCUT2D eigenvalue weighted by atomic mass is 10.00. The molecule has 0 radical (unpaired) electrons. The van der Waals surface area contributed by atoms with Crippen LogP contribution in [0.4, 0.5) is 0 Å². The van der Waals surface area contributed by atoms with Gasteiger partial charge in [-0.3, -0.25) is 9.89 Å². The molecular formula is C21H37IN4O3. The van der Waals surface area contributed by atoms with Crippen LogP contribution in [-0.4, -0.2) is 75.5 Å². The molecule has 1 aliphatic rings. The lowest BCUT2D eigenvalue weighted by Gasteiger charge is -2.45. The van der Waals surface area contributed by atoms with Gasteiger partial charge in [0, 0.05) is 32.2 Å². The first-order chi connectivity index (χ1) is 13.3. The second kappa shape index (κ2) is 12.4. The molecule has 2 unspecified atom stereocenters. The number of guanidine groups is 1. The number of halogens is 1. The van der Waals surface area contributed by atoms with E-state index >= 15 is 0 Å². The molecule has 0 spiro atoms. The summed E-state index contributed by atoms with van der Waals surface area (Å²) in [4.78, 5) is 6.80. The fourth-order valence-corrected chi connectivity index (χ4v) is 3.31. The summed E-state index contributed by atoms with van der Waals surface area (Å²) in [6, 6.07) is 7.58. The van der Waals surface area contributed by atoms with Crippen molar-refractivity contribution in [3.8, 4) is 11.5 Å². The molecule has 0 amide bonds. The van der Waals surface area contributed by atoms with E-state index in [1.165, 1.54) is 0 Å². The van der Waals surface area contributed by atoms with Crippen LogP contribution in [-0.2, 0) is 4.74 Å². The summed E-state index contributed by atoms with van der Waals surface area (Å²) >= 11 is 0. The summed E-state index contributed by atoms with van der Waals surface area (Å²) in [5.41, 5.74) is 0.00349. The molecule has 166 valence electrons. The van der Waals surface area contributed by atoms with Crippen molar-refractivity contribution in [2.45, 2.75) is 45.4 Å². The van der Waals surface area contributed by atoms with Gasteiger partial charge in [0.05, 0.1) is 25.9 Å². The lowest BCUT2D eigenvalue weighted by Crippen LogP contribution is -2.59. The number of rotatable bonds is 8. The molecule has 1 saturated heterocycles. The highest BCUT2D eigenvalue weighted by molar-refractivity contribution is 14.0. The number of methoxy groups -OCH3 is 1. The minimum absolute atomic E-state index is 0. The second-order valence-corrected chi connectivity index (χ2v) is 7.85. The molecule has 1 fully saturated rings. The molecule has 0 saturated carbocycles. The minimum atomic E-state index is 0. The van der Waals surface area contributed by atoms with Crippen molar-refractivity contribution < 1.29 is 14.2 Å². The molecule has 8 heteroatoms. The molecule has 0 aromatic heterocycles. The van der Waals surface area contributed by atoms with Crippen LogP contribution in [0.2, 0.25) is 0 Å². The lowest BCUT2D eigenvalue weighted by molar-refractivity contribution is -0.0946. The highest BCUT2D eigenvalue weighted by Gasteiger charge is 2.33. The number of morpholine rings is 1. The third kappa shape index (κ3) is 8.55. The molecule has 2 atom stereocenters. The van der Waals surface area contributed by atoms with Gasteiger partial charge >= 0.3 is 0 Å². The molecule has 7 nitrogen and oxygen atoms in total. The molecule has 1 heterocycles. The van der Waals surface area contributed by atoms with Gasteiger partial charge in [-0.05, 0) is 52.0 Å². The highest BCUT2D eigenvalue weighted by Crippen LogP contribution is 2.20. The first kappa shape index (κ1) is 25.8. The zero-order chi connectivity index (χ0) is 20.6. The third-order valence-electron chi connectivity index (χ3n) is 4.91. The van der Waals surface area contributed by atoms with Crippen molar-refractivity contribution in [3.05, 3.63) is 24.3 Å². The summed E-state index contributed by atoms with van der Waals surface area (Å²) in [5.74, 6) is 2.42. The van der Waals surface area contributed by atoms with Crippen LogP contribution in [0.5, 0.6) is 11.5 Å². The monoisotopic (exact) mass is 520 g/mol. The Morgan fingerprint density at radius 2 is 1.72 bits per heavy atom. The number of ether oxygens (including phenoxy) is 3. The Morgan fingerprint density at radius 3 is 2.28 bits per heavy atom. The van der Waals surface area contributed by atoms with Gasteiger partial charge in [0.25, 0.3) is 0 Å². The van der Waals surface area contributed by atoms with Crippen molar-refractivity contribution in [2.24, 2.45) is 4.99 Å². The number of nitrogens with zero attached hydrogens (tertiary/aromatic N) is 2. The second-order valence-electron chi connectivity index (χ2n) is 7.85. The number of aliphatic imine (C=N–C) groups is 1. The average Bonchev–Trinajstić information content (AvgIpc) is 2.67. The number of hydrogen-bond acceptors (Lipinski definition) is 5. The Balaban J connectivity index is 0.00000420. The van der Waals surface area contributed by atoms with Crippen molar-refractivity contribution in [3.63, 3.8) is 0 Å². The van der Waals surface area contributed by atoms with E-state index in [1.807, 2.05) is 24.3 Å². The molecule has 0 bridgehead atoms. The van der Waals surface area contributed by atoms with Gasteiger partial charge < -0.3 is 24.8 Å². The molecule has 1 aromatic carbocycles. The Kier molecular flexibility index (Phi) is 11.1. The van der Waals surface area contributed by atoms with Crippen LogP contribution in [0.3, 0.4) is 0 Å². The smallest absolute Gasteiger partial charge is 0.191 e. The standard InChI is InChI=1S/C21H36N4O3.HI/c1-16-13-25(14-17(2)28-16)21(3,4)15-24-20(22-5)23-11-12-27-19-9-7-18(26-6)8-10-19;/h7-10,16-17H,11-15H2,1-6H3,(H2,22,23,24);1H. The fourth-order valence-electron chi connectivity index (χ4n) is 3.31. The topological polar surface area (TPSA) is 67.4 Å². The van der Waals surface area contributed by atoms with Crippen LogP contribution in [0.25, 0.3) is 0 Å². The van der Waals surface area contributed by atoms with E-state index in [-0.39, 0.29) is 41.7 Å². The Labute approximate surface area is 192 Å². The van der Waals surface area contributed by atoms with Crippen LogP contribution < -0.4 is 20.1 Å². The van der Waals surface area contributed by atoms with E-state index in [0.717, 1.165) is 37.1 Å². The molecular weight excluding hydrogens is 483 g/mol. The van der Waals surface area contributed by atoms with E-state index in [4.69, 9.17) is 14.2 Å². The van der Waals surface area contributed by atoms with Crippen molar-refractivity contribution in [2.75, 3.05) is 46.9 Å². The van der Waals surface area contributed by atoms with Gasteiger partial charge in [-0.25, -0.2) is 0 Å². The zero-order valence-electron chi connectivity index (χ0n) is 18.5. The summed E-state index contributed by atoms with van der Waals surface area (Å²) < 4.78 is 16.7. The first-order valence-corrected chi connectivity index (χ1v) is 9.96. The number of benzene rings is 1. The third-order valence-corrected chi connectivity index (χ3v) is 4.91. The van der Waals surface area contributed by atoms with E-state index in [9.17, 15) is 0 Å². The molecule has 2 N–H and O–H groups in total. The maximum absolute atomic E-state index is 5.85. The van der Waals surface area contributed by atoms with Gasteiger partial charge in [0.15, 0.2) is 5.96 Å². The molecule has 0 aliphatic carbocycles. The Morgan fingerprint density at radius 1 is 1.14 bits per heavy atom. The van der Waals surface area contributed by atoms with E-state index in [0.29, 0.717) is 13.2 Å². The Bertz CT molecular complexity index is 615. The summed E-state index contributed by atoms with van der Waals surface area (Å²) in [7, 11) is 3.44. The van der Waals surface area contributed by atoms with Gasteiger partial charge in [0.1, 0.15) is 18.1 Å². The fraction of sp³-hybridized carbons (Fsp3) is 0.667. The van der Waals surface area contributed by atoms with E-state index < -0.39 is 0 Å². The summed E-state index contributed by atoms with van der Waals surface area (Å²) in [5, 5.41) is 6.74. The van der Waals surface area contributed by atoms with Crippen LogP contribution in [0.1, 0.15) is 27.7 Å². The molecule has 29 heavy (non-hydrogen) atoms. The largest absolute Gasteiger partial charge is 0.497 e. The summed E-state index contributed by atoms with van der Waals surface area (Å²) in [6.45, 7) is 12.7. The van der Waals surface area contributed by atoms with Crippen LogP contribution in [0, 0.1) is 0 Å². The maximum Gasteiger partial charge on any atom is 0.191 e. The quantitative estimate of drug-likeness (QED) is 0.238. The van der Waals surface area contributed by atoms with Gasteiger partial charge in [0.2, 0.25) is 0 Å². The van der Waals surface area contributed by atoms with Gasteiger partial charge in [-0.15, -0.1) is 24.0 Å². The van der Waals surface area contributed by atoms with Gasteiger partial charge in [-0.1, -0.05) is 0 Å². The van der Waals surface area contributed by atoms with E-state index in [2.05, 4.69) is 48.2 Å². The minimum Gasteiger partial charge on any atom is -0.497 e. The number of hydrogen-bond donors (Lipinski definition) is 2. The van der Waals surface area contributed by atoms with Crippen molar-refractivity contribution in [1.29, 1.82) is 0 Å². The highest BCUT2D eigenvalue weighted by atomic mass is 127. The first-order valence-electron chi connectivity index (χ1n) is 9.96. The Hall–Kier alpha value is -1.26. The van der Waals surface area contributed by atoms with Crippen LogP contribution in [0.15, 0.2) is 29.3 Å². The SMILES string of the molecule is CN=C(NCCOc1ccc(OC)cc1)NCC(C)(C)N1CC(C)OC(C)C1.I. The zero-order valence-corrected chi connectivity index (χ0v) is 20.9. The predicted octanol–water partition coefficient (Wildman–Crippen LogP) is 2.74. The van der Waals surface area contributed by atoms with Crippen molar-refractivity contribution in [1.82, 2.24) is 15.5 Å². The van der Waals surface area contributed by atoms with Crippen LogP contribution >= 0.6 is 24.0 Å². The van der Waals surface area contributed by atoms with Crippen molar-refractivity contribution >= 4 is 29.9 Å². The summed E-state index contributed by atoms with van der Waals surface area (Å²) in [6.07, 6.45) is 0.520. The van der Waals surface area contributed by atoms with Gasteiger partial charge in [-0.2, -0.15) is 0 Å². The average molecular weight is 520 g/mol. The number of nitrogens with one attached hydrogen (secondary N) is 2.